The standard InChI is InChI=1S/C18H22N2/c1-15-7-3-5-9-17(15)19-11-13-20(14-12-19)18-10-6-4-8-16(18)2/h3-10H,11-14H2,1-2H3. The molecule has 1 fully saturated rings. The van der Waals surface area contributed by atoms with Gasteiger partial charge in [0.15, 0.2) is 0 Å². The van der Waals surface area contributed by atoms with Crippen LogP contribution < -0.4 is 9.80 Å². The van der Waals surface area contributed by atoms with Gasteiger partial charge in [0, 0.05) is 37.6 Å². The van der Waals surface area contributed by atoms with Crippen LogP contribution >= 0.6 is 0 Å². The molecule has 0 amide bonds. The number of nitrogens with zero attached hydrogens (tertiary/aromatic N) is 2. The van der Waals surface area contributed by atoms with Crippen molar-refractivity contribution in [2.24, 2.45) is 0 Å². The predicted octanol–water partition coefficient (Wildman–Crippen LogP) is 3.63. The van der Waals surface area contributed by atoms with Crippen LogP contribution in [0.15, 0.2) is 48.5 Å². The number of anilines is 2. The zero-order chi connectivity index (χ0) is 13.9. The maximum absolute atomic E-state index is 2.50. The van der Waals surface area contributed by atoms with Gasteiger partial charge < -0.3 is 9.80 Å². The monoisotopic (exact) mass is 266 g/mol. The van der Waals surface area contributed by atoms with Gasteiger partial charge in [0.2, 0.25) is 0 Å². The van der Waals surface area contributed by atoms with Crippen LogP contribution in [-0.4, -0.2) is 26.2 Å². The van der Waals surface area contributed by atoms with E-state index in [0.717, 1.165) is 26.2 Å². The van der Waals surface area contributed by atoms with Gasteiger partial charge in [-0.15, -0.1) is 0 Å². The van der Waals surface area contributed by atoms with E-state index >= 15 is 0 Å². The first kappa shape index (κ1) is 13.0. The molecule has 2 nitrogen and oxygen atoms in total. The van der Waals surface area contributed by atoms with Gasteiger partial charge in [-0.2, -0.15) is 0 Å². The molecule has 2 heteroatoms. The van der Waals surface area contributed by atoms with Crippen molar-refractivity contribution in [2.45, 2.75) is 13.8 Å². The molecule has 0 aliphatic carbocycles. The summed E-state index contributed by atoms with van der Waals surface area (Å²) in [5, 5.41) is 0. The Morgan fingerprint density at radius 2 is 0.950 bits per heavy atom. The Morgan fingerprint density at radius 1 is 0.600 bits per heavy atom. The number of rotatable bonds is 2. The molecule has 0 N–H and O–H groups in total. The van der Waals surface area contributed by atoms with E-state index in [9.17, 15) is 0 Å². The average Bonchev–Trinajstić information content (AvgIpc) is 2.49. The minimum atomic E-state index is 1.10. The van der Waals surface area contributed by atoms with E-state index < -0.39 is 0 Å². The molecule has 2 aromatic carbocycles. The lowest BCUT2D eigenvalue weighted by Gasteiger charge is -2.38. The Bertz CT molecular complexity index is 530. The molecule has 0 radical (unpaired) electrons. The Kier molecular flexibility index (Phi) is 3.64. The van der Waals surface area contributed by atoms with Crippen LogP contribution in [0.1, 0.15) is 11.1 Å². The van der Waals surface area contributed by atoms with E-state index in [2.05, 4.69) is 72.2 Å². The molecule has 0 atom stereocenters. The summed E-state index contributed by atoms with van der Waals surface area (Å²) in [7, 11) is 0. The van der Waals surface area contributed by atoms with Crippen molar-refractivity contribution in [1.29, 1.82) is 0 Å². The lowest BCUT2D eigenvalue weighted by Crippen LogP contribution is -2.47. The summed E-state index contributed by atoms with van der Waals surface area (Å²) >= 11 is 0. The van der Waals surface area contributed by atoms with Crippen LogP contribution in [-0.2, 0) is 0 Å². The lowest BCUT2D eigenvalue weighted by molar-refractivity contribution is 0.651. The molecule has 0 aromatic heterocycles. The van der Waals surface area contributed by atoms with Gasteiger partial charge in [0.25, 0.3) is 0 Å². The molecule has 3 rings (SSSR count). The summed E-state index contributed by atoms with van der Waals surface area (Å²) in [4.78, 5) is 5.01. The maximum Gasteiger partial charge on any atom is 0.0397 e. The van der Waals surface area contributed by atoms with Crippen molar-refractivity contribution in [1.82, 2.24) is 0 Å². The highest BCUT2D eigenvalue weighted by Gasteiger charge is 2.19. The van der Waals surface area contributed by atoms with Gasteiger partial charge in [-0.25, -0.2) is 0 Å². The minimum Gasteiger partial charge on any atom is -0.368 e. The summed E-state index contributed by atoms with van der Waals surface area (Å²) in [6.07, 6.45) is 0. The molecule has 2 aromatic rings. The van der Waals surface area contributed by atoms with Crippen molar-refractivity contribution in [2.75, 3.05) is 36.0 Å². The van der Waals surface area contributed by atoms with Crippen molar-refractivity contribution >= 4 is 11.4 Å². The number of hydrogen-bond acceptors (Lipinski definition) is 2. The van der Waals surface area contributed by atoms with Crippen LogP contribution in [0.4, 0.5) is 11.4 Å². The summed E-state index contributed by atoms with van der Waals surface area (Å²) in [6, 6.07) is 17.4. The number of piperazine rings is 1. The third-order valence-electron chi connectivity index (χ3n) is 4.19. The second kappa shape index (κ2) is 5.58. The smallest absolute Gasteiger partial charge is 0.0397 e. The summed E-state index contributed by atoms with van der Waals surface area (Å²) in [6.45, 7) is 8.78. The molecule has 1 aliphatic heterocycles. The normalized spacial score (nSPS) is 15.5. The van der Waals surface area contributed by atoms with Crippen LogP contribution in [0.2, 0.25) is 0 Å². The number of benzene rings is 2. The Morgan fingerprint density at radius 3 is 1.30 bits per heavy atom. The number of hydrogen-bond donors (Lipinski definition) is 0. The number of aryl methyl sites for hydroxylation is 2. The van der Waals surface area contributed by atoms with Crippen LogP contribution in [0.3, 0.4) is 0 Å². The first-order valence-electron chi connectivity index (χ1n) is 7.37. The van der Waals surface area contributed by atoms with Gasteiger partial charge >= 0.3 is 0 Å². The fourth-order valence-corrected chi connectivity index (χ4v) is 3.02. The molecule has 1 heterocycles. The van der Waals surface area contributed by atoms with E-state index in [1.54, 1.807) is 0 Å². The predicted molar refractivity (Wildman–Crippen MR) is 86.8 cm³/mol. The van der Waals surface area contributed by atoms with Gasteiger partial charge in [-0.1, -0.05) is 36.4 Å². The molecule has 0 bridgehead atoms. The fourth-order valence-electron chi connectivity index (χ4n) is 3.02. The third kappa shape index (κ3) is 2.51. The van der Waals surface area contributed by atoms with E-state index in [-0.39, 0.29) is 0 Å². The van der Waals surface area contributed by atoms with Crippen molar-refractivity contribution in [3.05, 3.63) is 59.7 Å². The third-order valence-corrected chi connectivity index (χ3v) is 4.19. The molecule has 0 spiro atoms. The Hall–Kier alpha value is -1.96. The van der Waals surface area contributed by atoms with E-state index in [0.29, 0.717) is 0 Å². The van der Waals surface area contributed by atoms with Crippen LogP contribution in [0, 0.1) is 13.8 Å². The SMILES string of the molecule is Cc1ccccc1N1CCN(c2ccccc2C)CC1. The summed E-state index contributed by atoms with van der Waals surface area (Å²) < 4.78 is 0. The topological polar surface area (TPSA) is 6.48 Å². The first-order chi connectivity index (χ1) is 9.75. The van der Waals surface area contributed by atoms with E-state index in [4.69, 9.17) is 0 Å². The first-order valence-corrected chi connectivity index (χ1v) is 7.37. The minimum absolute atomic E-state index is 1.10. The van der Waals surface area contributed by atoms with Gasteiger partial charge in [0.1, 0.15) is 0 Å². The van der Waals surface area contributed by atoms with Crippen LogP contribution in [0.25, 0.3) is 0 Å². The van der Waals surface area contributed by atoms with Gasteiger partial charge in [-0.3, -0.25) is 0 Å². The highest BCUT2D eigenvalue weighted by Crippen LogP contribution is 2.24. The van der Waals surface area contributed by atoms with Gasteiger partial charge in [0.05, 0.1) is 0 Å². The van der Waals surface area contributed by atoms with E-state index in [1.807, 2.05) is 0 Å². The molecular formula is C18H22N2. The Labute approximate surface area is 121 Å². The summed E-state index contributed by atoms with van der Waals surface area (Å²) in [5.74, 6) is 0. The van der Waals surface area contributed by atoms with E-state index in [1.165, 1.54) is 22.5 Å². The molecule has 20 heavy (non-hydrogen) atoms. The van der Waals surface area contributed by atoms with Crippen molar-refractivity contribution in [3.63, 3.8) is 0 Å². The zero-order valence-corrected chi connectivity index (χ0v) is 12.3. The van der Waals surface area contributed by atoms with Crippen LogP contribution in [0.5, 0.6) is 0 Å². The zero-order valence-electron chi connectivity index (χ0n) is 12.3. The maximum atomic E-state index is 2.50. The van der Waals surface area contributed by atoms with Crippen molar-refractivity contribution in [3.8, 4) is 0 Å². The average molecular weight is 266 g/mol. The fraction of sp³-hybridized carbons (Fsp3) is 0.333. The molecule has 104 valence electrons. The van der Waals surface area contributed by atoms with Gasteiger partial charge in [-0.05, 0) is 37.1 Å². The molecular weight excluding hydrogens is 244 g/mol. The molecule has 1 aliphatic rings. The lowest BCUT2D eigenvalue weighted by atomic mass is 10.1. The highest BCUT2D eigenvalue weighted by atomic mass is 15.3. The quantitative estimate of drug-likeness (QED) is 0.819. The summed E-state index contributed by atoms with van der Waals surface area (Å²) in [5.41, 5.74) is 5.52. The number of para-hydroxylation sites is 2. The highest BCUT2D eigenvalue weighted by molar-refractivity contribution is 5.57. The second-order valence-electron chi connectivity index (χ2n) is 5.55. The second-order valence-corrected chi connectivity index (χ2v) is 5.55. The molecule has 0 saturated carbocycles. The van der Waals surface area contributed by atoms with Crippen molar-refractivity contribution < 1.29 is 0 Å². The largest absolute Gasteiger partial charge is 0.368 e. The molecule has 1 saturated heterocycles. The molecule has 0 unspecified atom stereocenters. The Balaban J connectivity index is 1.72.